The van der Waals surface area contributed by atoms with Gasteiger partial charge in [-0.15, -0.1) is 11.3 Å². The Labute approximate surface area is 404 Å². The summed E-state index contributed by atoms with van der Waals surface area (Å²) in [6.07, 6.45) is 16.6. The fourth-order valence-corrected chi connectivity index (χ4v) is 10.3. The molecule has 1 aliphatic carbocycles. The highest BCUT2D eigenvalue weighted by Gasteiger charge is 2.60. The van der Waals surface area contributed by atoms with E-state index in [0.29, 0.717) is 16.9 Å². The number of likely N-dealkylation sites (N-methyl/N-ethyl adjacent to an activating group) is 1. The summed E-state index contributed by atoms with van der Waals surface area (Å²) in [5, 5.41) is 16.0. The highest BCUT2D eigenvalue weighted by Crippen LogP contribution is 2.57. The van der Waals surface area contributed by atoms with Crippen molar-refractivity contribution in [3.63, 3.8) is 0 Å². The van der Waals surface area contributed by atoms with E-state index in [0.717, 1.165) is 84.8 Å². The molecule has 1 saturated carbocycles. The fraction of sp³-hybridized carbons (Fsp3) is 0.529. The minimum atomic E-state index is -3.36. The summed E-state index contributed by atoms with van der Waals surface area (Å²) < 4.78 is 30.0. The topological polar surface area (TPSA) is 180 Å². The lowest BCUT2D eigenvalue weighted by atomic mass is 9.85. The zero-order valence-electron chi connectivity index (χ0n) is 41.4. The third-order valence-corrected chi connectivity index (χ3v) is 14.0. The highest BCUT2D eigenvalue weighted by molar-refractivity contribution is 7.56. The Morgan fingerprint density at radius 3 is 2.13 bits per heavy atom. The number of hydrogen-bond acceptors (Lipinski definition) is 14. The lowest BCUT2D eigenvalue weighted by molar-refractivity contribution is -0.109. The smallest absolute Gasteiger partial charge is 0.321 e. The SMILES string of the molecule is C=O.CC(C=O)NP(=O)(Cc1ccc2sc(C=O)cc2c1)Oc1ccccc1.CCCCCC=O.CCCOC.CN1CCCC1.CNC.COc1cncc([C@@H]2CN(C)C3(CC3)C2C#N)c1. The first-order valence-electron chi connectivity index (χ1n) is 23.0. The number of hydrogen-bond donors (Lipinski definition) is 2. The van der Waals surface area contributed by atoms with Gasteiger partial charge in [0.1, 0.15) is 30.9 Å². The fourth-order valence-electron chi connectivity index (χ4n) is 7.44. The van der Waals surface area contributed by atoms with Gasteiger partial charge in [-0.1, -0.05) is 51.0 Å². The third kappa shape index (κ3) is 21.9. The summed E-state index contributed by atoms with van der Waals surface area (Å²) in [4.78, 5) is 49.2. The van der Waals surface area contributed by atoms with Crippen LogP contribution < -0.4 is 19.7 Å². The minimum Gasteiger partial charge on any atom is -0.495 e. The number of aromatic nitrogens is 1. The molecule has 0 radical (unpaired) electrons. The summed E-state index contributed by atoms with van der Waals surface area (Å²) in [6.45, 7) is 12.3. The number of benzene rings is 2. The molecule has 4 atom stereocenters. The normalized spacial score (nSPS) is 17.6. The van der Waals surface area contributed by atoms with E-state index in [1.54, 1.807) is 57.7 Å². The minimum absolute atomic E-state index is 0.0800. The summed E-state index contributed by atoms with van der Waals surface area (Å²) in [5.41, 5.74) is 2.07. The Balaban J connectivity index is 0.000000469. The van der Waals surface area contributed by atoms with Gasteiger partial charge in [-0.05, 0) is 140 Å². The van der Waals surface area contributed by atoms with Gasteiger partial charge in [0.05, 0.1) is 42.4 Å². The molecule has 2 aromatic heterocycles. The first kappa shape index (κ1) is 60.4. The van der Waals surface area contributed by atoms with Gasteiger partial charge in [-0.3, -0.25) is 19.2 Å². The lowest BCUT2D eigenvalue weighted by Gasteiger charge is -2.22. The number of carbonyl (C=O) groups is 4. The number of fused-ring (bicyclic) bond motifs is 1. The van der Waals surface area contributed by atoms with E-state index < -0.39 is 13.6 Å². The summed E-state index contributed by atoms with van der Waals surface area (Å²) in [6, 6.07) is 20.3. The van der Waals surface area contributed by atoms with E-state index in [2.05, 4.69) is 59.2 Å². The zero-order valence-corrected chi connectivity index (χ0v) is 43.1. The molecule has 370 valence electrons. The number of pyridine rings is 1. The molecular formula is C51H77N6O8PS. The molecule has 7 rings (SSSR count). The highest BCUT2D eigenvalue weighted by atomic mass is 32.1. The number of unbranched alkanes of at least 4 members (excludes halogenated alkanes) is 3. The molecule has 2 aromatic carbocycles. The van der Waals surface area contributed by atoms with E-state index in [9.17, 15) is 24.2 Å². The van der Waals surface area contributed by atoms with Crippen LogP contribution in [0.5, 0.6) is 11.5 Å². The lowest BCUT2D eigenvalue weighted by Crippen LogP contribution is -2.30. The van der Waals surface area contributed by atoms with Crippen molar-refractivity contribution in [1.82, 2.24) is 25.2 Å². The molecule has 2 aliphatic heterocycles. The molecule has 14 nitrogen and oxygen atoms in total. The molecule has 2 saturated heterocycles. The van der Waals surface area contributed by atoms with Gasteiger partial charge in [0.15, 0.2) is 6.29 Å². The van der Waals surface area contributed by atoms with Crippen LogP contribution in [0.25, 0.3) is 10.1 Å². The number of nitrogens with zero attached hydrogens (tertiary/aromatic N) is 4. The number of rotatable bonds is 16. The molecule has 0 bridgehead atoms. The van der Waals surface area contributed by atoms with Crippen molar-refractivity contribution in [2.24, 2.45) is 5.92 Å². The predicted molar refractivity (Wildman–Crippen MR) is 273 cm³/mol. The summed E-state index contributed by atoms with van der Waals surface area (Å²) in [7, 11) is 8.05. The van der Waals surface area contributed by atoms with Crippen molar-refractivity contribution in [3.8, 4) is 17.6 Å². The van der Waals surface area contributed by atoms with Crippen molar-refractivity contribution in [3.05, 3.63) is 89.1 Å². The van der Waals surface area contributed by atoms with E-state index in [1.807, 2.05) is 57.4 Å². The van der Waals surface area contributed by atoms with Crippen LogP contribution in [-0.4, -0.2) is 121 Å². The van der Waals surface area contributed by atoms with Crippen LogP contribution >= 0.6 is 18.9 Å². The van der Waals surface area contributed by atoms with E-state index >= 15 is 0 Å². The predicted octanol–water partition coefficient (Wildman–Crippen LogP) is 9.63. The number of nitriles is 1. The number of para-hydroxylation sites is 1. The maximum atomic E-state index is 13.4. The second-order valence-electron chi connectivity index (χ2n) is 16.4. The van der Waals surface area contributed by atoms with Gasteiger partial charge in [-0.2, -0.15) is 5.26 Å². The monoisotopic (exact) mass is 965 g/mol. The van der Waals surface area contributed by atoms with Crippen LogP contribution in [0.3, 0.4) is 0 Å². The van der Waals surface area contributed by atoms with Crippen molar-refractivity contribution in [2.45, 2.75) is 102 Å². The van der Waals surface area contributed by atoms with Crippen LogP contribution in [0.15, 0.2) is 73.1 Å². The molecule has 1 spiro atoms. The molecule has 3 unspecified atom stereocenters. The second kappa shape index (κ2) is 34.6. The molecule has 4 aromatic rings. The molecule has 16 heteroatoms. The largest absolute Gasteiger partial charge is 0.495 e. The molecule has 0 amide bonds. The van der Waals surface area contributed by atoms with Gasteiger partial charge in [0.25, 0.3) is 0 Å². The van der Waals surface area contributed by atoms with Gasteiger partial charge in [-0.25, -0.2) is 5.09 Å². The molecular weight excluding hydrogens is 888 g/mol. The number of thiophene rings is 1. The number of likely N-dealkylation sites (tertiary alicyclic amines) is 2. The van der Waals surface area contributed by atoms with Crippen molar-refractivity contribution in [2.75, 3.05) is 68.7 Å². The van der Waals surface area contributed by atoms with Gasteiger partial charge >= 0.3 is 7.52 Å². The number of nitrogens with one attached hydrogen (secondary N) is 2. The van der Waals surface area contributed by atoms with E-state index in [1.165, 1.54) is 50.1 Å². The molecule has 3 fully saturated rings. The van der Waals surface area contributed by atoms with Gasteiger partial charge in [0, 0.05) is 49.0 Å². The maximum absolute atomic E-state index is 13.4. The standard InChI is InChI=1S/C19H18NO4PS.C14H17N3O.C6H12O.C5H11N.C4H10O.C2H7N.CH2O/c1-14(11-21)20-25(23,24-17-5-3-2-4-6-17)13-15-7-8-19-16(9-15)10-18(12-22)26-19;1-17-9-12(13(6-15)14(17)3-4-14)10-5-11(18-2)8-16-7-10;1-2-3-4-5-6-7;1-6-4-2-3-5-6;1-3-4-5-2;1-3-2;1-2/h2-12,14H,13H2,1H3,(H,20,23);5,7-8,12-13H,3-4,9H2,1-2H3;6H,2-5H2,1H3;2-5H2,1H3;3-4H2,1-2H3;3H,1-2H3;1H2/t;12-,13?;;;;;/m.0...../s1. The van der Waals surface area contributed by atoms with E-state index in [4.69, 9.17) is 18.8 Å². The Morgan fingerprint density at radius 1 is 0.970 bits per heavy atom. The zero-order chi connectivity index (χ0) is 50.1. The number of aldehydes is 3. The Kier molecular flexibility index (Phi) is 31.2. The number of ether oxygens (including phenoxy) is 2. The van der Waals surface area contributed by atoms with Gasteiger partial charge in [0.2, 0.25) is 0 Å². The molecule has 4 heterocycles. The molecule has 3 aliphatic rings. The van der Waals surface area contributed by atoms with Crippen LogP contribution in [-0.2, 0) is 29.8 Å². The van der Waals surface area contributed by atoms with Crippen LogP contribution in [0.2, 0.25) is 0 Å². The average Bonchev–Trinajstić information content (AvgIpc) is 3.65. The summed E-state index contributed by atoms with van der Waals surface area (Å²) >= 11 is 1.41. The Morgan fingerprint density at radius 2 is 1.64 bits per heavy atom. The maximum Gasteiger partial charge on any atom is 0.321 e. The average molecular weight is 965 g/mol. The second-order valence-corrected chi connectivity index (χ2v) is 19.7. The van der Waals surface area contributed by atoms with Gasteiger partial charge < -0.3 is 38.6 Å². The first-order chi connectivity index (χ1) is 32.4. The first-order valence-corrected chi connectivity index (χ1v) is 25.6. The van der Waals surface area contributed by atoms with Crippen molar-refractivity contribution < 1.29 is 37.7 Å². The molecule has 67 heavy (non-hydrogen) atoms. The Hall–Kier alpha value is -4.65. The van der Waals surface area contributed by atoms with Crippen LogP contribution in [0.1, 0.15) is 105 Å². The number of methoxy groups -OCH3 is 2. The van der Waals surface area contributed by atoms with Crippen molar-refractivity contribution in [1.29, 1.82) is 5.26 Å². The summed E-state index contributed by atoms with van der Waals surface area (Å²) in [5.74, 6) is 1.58. The quantitative estimate of drug-likeness (QED) is 0.0616. The van der Waals surface area contributed by atoms with E-state index in [-0.39, 0.29) is 23.5 Å². The Bertz CT molecular complexity index is 2060. The van der Waals surface area contributed by atoms with Crippen LogP contribution in [0, 0.1) is 17.2 Å². The third-order valence-electron chi connectivity index (χ3n) is 10.9. The molecule has 2 N–H and O–H groups in total. The van der Waals surface area contributed by atoms with Crippen LogP contribution in [0.4, 0.5) is 0 Å². The van der Waals surface area contributed by atoms with Crippen molar-refractivity contribution >= 4 is 54.6 Å². The number of carbonyl (C=O) groups excluding carboxylic acids is 4.